The molecule has 0 spiro atoms. The number of para-hydroxylation sites is 2. The Hall–Kier alpha value is -5.02. The van der Waals surface area contributed by atoms with Crippen molar-refractivity contribution in [3.63, 3.8) is 0 Å². The fraction of sp³-hybridized carbons (Fsp3) is 0.0286. The lowest BCUT2D eigenvalue weighted by molar-refractivity contribution is 1.14. The van der Waals surface area contributed by atoms with Crippen LogP contribution in [0.1, 0.15) is 5.56 Å². The van der Waals surface area contributed by atoms with Crippen LogP contribution in [0.3, 0.4) is 0 Å². The second-order valence-electron chi connectivity index (χ2n) is 9.57. The van der Waals surface area contributed by atoms with Crippen LogP contribution in [-0.4, -0.2) is 14.5 Å². The lowest BCUT2D eigenvalue weighted by Gasteiger charge is -2.14. The number of benzene rings is 5. The van der Waals surface area contributed by atoms with E-state index in [-0.39, 0.29) is 0 Å². The average molecular weight is 488 g/mol. The fourth-order valence-electron chi connectivity index (χ4n) is 5.32. The average Bonchev–Trinajstić information content (AvgIpc) is 3.32. The first-order chi connectivity index (χ1) is 18.8. The van der Waals surface area contributed by atoms with Gasteiger partial charge in [-0.2, -0.15) is 0 Å². The Balaban J connectivity index is 1.40. The molecule has 0 aliphatic heterocycles. The molecule has 7 rings (SSSR count). The maximum absolute atomic E-state index is 5.01. The van der Waals surface area contributed by atoms with Crippen LogP contribution in [0.15, 0.2) is 133 Å². The largest absolute Gasteiger partial charge is 0.309 e. The van der Waals surface area contributed by atoms with Gasteiger partial charge in [-0.05, 0) is 48.9 Å². The summed E-state index contributed by atoms with van der Waals surface area (Å²) in [6.07, 6.45) is 0. The van der Waals surface area contributed by atoms with Crippen LogP contribution in [0.5, 0.6) is 0 Å². The Morgan fingerprint density at radius 3 is 1.50 bits per heavy atom. The molecule has 3 heteroatoms. The van der Waals surface area contributed by atoms with Crippen molar-refractivity contribution in [3.8, 4) is 39.6 Å². The van der Waals surface area contributed by atoms with Gasteiger partial charge in [0.1, 0.15) is 0 Å². The van der Waals surface area contributed by atoms with Gasteiger partial charge in [0.15, 0.2) is 5.82 Å². The lowest BCUT2D eigenvalue weighted by atomic mass is 10.1. The first kappa shape index (κ1) is 22.2. The Morgan fingerprint density at radius 1 is 0.474 bits per heavy atom. The Morgan fingerprint density at radius 2 is 0.974 bits per heavy atom. The van der Waals surface area contributed by atoms with Gasteiger partial charge in [-0.25, -0.2) is 9.97 Å². The molecule has 0 bridgehead atoms. The number of hydrogen-bond acceptors (Lipinski definition) is 2. The van der Waals surface area contributed by atoms with E-state index >= 15 is 0 Å². The van der Waals surface area contributed by atoms with E-state index in [2.05, 4.69) is 109 Å². The zero-order valence-corrected chi connectivity index (χ0v) is 21.0. The number of aryl methyl sites for hydroxylation is 1. The fourth-order valence-corrected chi connectivity index (χ4v) is 5.32. The molecule has 0 N–H and O–H groups in total. The van der Waals surface area contributed by atoms with Crippen LogP contribution in [0.4, 0.5) is 0 Å². The van der Waals surface area contributed by atoms with Crippen molar-refractivity contribution >= 4 is 21.8 Å². The Labute approximate surface area is 221 Å². The first-order valence-corrected chi connectivity index (χ1v) is 12.9. The maximum Gasteiger partial charge on any atom is 0.160 e. The summed E-state index contributed by atoms with van der Waals surface area (Å²) in [6.45, 7) is 2.17. The van der Waals surface area contributed by atoms with Gasteiger partial charge >= 0.3 is 0 Å². The van der Waals surface area contributed by atoms with Crippen molar-refractivity contribution in [2.45, 2.75) is 6.92 Å². The molecule has 0 aliphatic carbocycles. The van der Waals surface area contributed by atoms with E-state index in [0.717, 1.165) is 39.6 Å². The highest BCUT2D eigenvalue weighted by Crippen LogP contribution is 2.34. The molecule has 3 nitrogen and oxygen atoms in total. The van der Waals surface area contributed by atoms with Crippen molar-refractivity contribution in [3.05, 3.63) is 139 Å². The van der Waals surface area contributed by atoms with E-state index in [1.807, 2.05) is 36.4 Å². The van der Waals surface area contributed by atoms with Crippen LogP contribution in [0.2, 0.25) is 0 Å². The molecule has 0 fully saturated rings. The molecule has 0 saturated carbocycles. The SMILES string of the molecule is Cc1cc(-c2nc(-c3ccccc3)cc(-c3ccccc3)n2)ccc1-n1c2ccccc2c2ccccc21. The summed E-state index contributed by atoms with van der Waals surface area (Å²) in [6, 6.07) is 46.5. The smallest absolute Gasteiger partial charge is 0.160 e. The maximum atomic E-state index is 5.01. The normalized spacial score (nSPS) is 11.3. The van der Waals surface area contributed by atoms with Gasteiger partial charge in [0.05, 0.1) is 22.4 Å². The summed E-state index contributed by atoms with van der Waals surface area (Å²) >= 11 is 0. The molecule has 0 saturated heterocycles. The van der Waals surface area contributed by atoms with E-state index in [0.29, 0.717) is 0 Å². The van der Waals surface area contributed by atoms with Gasteiger partial charge in [0.25, 0.3) is 0 Å². The van der Waals surface area contributed by atoms with E-state index in [9.17, 15) is 0 Å². The van der Waals surface area contributed by atoms with Crippen LogP contribution >= 0.6 is 0 Å². The summed E-state index contributed by atoms with van der Waals surface area (Å²) < 4.78 is 2.36. The van der Waals surface area contributed by atoms with Crippen molar-refractivity contribution in [1.29, 1.82) is 0 Å². The van der Waals surface area contributed by atoms with Gasteiger partial charge in [-0.1, -0.05) is 97.1 Å². The molecule has 2 aromatic heterocycles. The van der Waals surface area contributed by atoms with Crippen molar-refractivity contribution in [1.82, 2.24) is 14.5 Å². The number of fused-ring (bicyclic) bond motifs is 3. The molecule has 7 aromatic rings. The van der Waals surface area contributed by atoms with E-state index in [1.165, 1.54) is 27.4 Å². The molecule has 38 heavy (non-hydrogen) atoms. The van der Waals surface area contributed by atoms with E-state index in [1.54, 1.807) is 0 Å². The second-order valence-corrected chi connectivity index (χ2v) is 9.57. The minimum atomic E-state index is 0.724. The second kappa shape index (κ2) is 9.13. The Kier molecular flexibility index (Phi) is 5.33. The third kappa shape index (κ3) is 3.77. The molecule has 0 amide bonds. The van der Waals surface area contributed by atoms with Gasteiger partial charge in [-0.3, -0.25) is 0 Å². The first-order valence-electron chi connectivity index (χ1n) is 12.9. The number of nitrogens with zero attached hydrogens (tertiary/aromatic N) is 3. The zero-order valence-electron chi connectivity index (χ0n) is 21.0. The summed E-state index contributed by atoms with van der Waals surface area (Å²) in [5, 5.41) is 2.52. The summed E-state index contributed by atoms with van der Waals surface area (Å²) in [7, 11) is 0. The highest BCUT2D eigenvalue weighted by atomic mass is 15.0. The van der Waals surface area contributed by atoms with Crippen LogP contribution in [0.25, 0.3) is 61.4 Å². The lowest BCUT2D eigenvalue weighted by Crippen LogP contribution is -1.99. The van der Waals surface area contributed by atoms with E-state index in [4.69, 9.17) is 9.97 Å². The standard InChI is InChI=1S/C35H25N3/c1-24-22-27(20-21-32(24)38-33-18-10-8-16-28(33)29-17-9-11-19-34(29)38)35-36-30(25-12-4-2-5-13-25)23-31(37-35)26-14-6-3-7-15-26/h2-23H,1H3. The van der Waals surface area contributed by atoms with Gasteiger partial charge in [0, 0.05) is 33.2 Å². The monoisotopic (exact) mass is 487 g/mol. The number of aromatic nitrogens is 3. The van der Waals surface area contributed by atoms with Crippen molar-refractivity contribution in [2.24, 2.45) is 0 Å². The summed E-state index contributed by atoms with van der Waals surface area (Å²) in [5.74, 6) is 0.724. The van der Waals surface area contributed by atoms with Crippen molar-refractivity contribution < 1.29 is 0 Å². The van der Waals surface area contributed by atoms with Crippen LogP contribution in [0, 0.1) is 6.92 Å². The van der Waals surface area contributed by atoms with Gasteiger partial charge in [-0.15, -0.1) is 0 Å². The summed E-state index contributed by atoms with van der Waals surface area (Å²) in [5.41, 5.74) is 9.73. The quantitative estimate of drug-likeness (QED) is 0.248. The number of rotatable bonds is 4. The molecule has 0 radical (unpaired) electrons. The van der Waals surface area contributed by atoms with E-state index < -0.39 is 0 Å². The molecule has 2 heterocycles. The molecule has 0 unspecified atom stereocenters. The topological polar surface area (TPSA) is 30.7 Å². The van der Waals surface area contributed by atoms with Crippen molar-refractivity contribution in [2.75, 3.05) is 0 Å². The predicted molar refractivity (Wildman–Crippen MR) is 157 cm³/mol. The zero-order chi connectivity index (χ0) is 25.5. The third-order valence-electron chi connectivity index (χ3n) is 7.14. The molecule has 5 aromatic carbocycles. The highest BCUT2D eigenvalue weighted by Gasteiger charge is 2.15. The minimum Gasteiger partial charge on any atom is -0.309 e. The molecular formula is C35H25N3. The highest BCUT2D eigenvalue weighted by molar-refractivity contribution is 6.09. The van der Waals surface area contributed by atoms with Crippen LogP contribution < -0.4 is 0 Å². The third-order valence-corrected chi connectivity index (χ3v) is 7.14. The van der Waals surface area contributed by atoms with Gasteiger partial charge in [0.2, 0.25) is 0 Å². The molecule has 0 aliphatic rings. The molecular weight excluding hydrogens is 462 g/mol. The summed E-state index contributed by atoms with van der Waals surface area (Å²) in [4.78, 5) is 10.0. The van der Waals surface area contributed by atoms with Crippen LogP contribution in [-0.2, 0) is 0 Å². The Bertz CT molecular complexity index is 1810. The minimum absolute atomic E-state index is 0.724. The van der Waals surface area contributed by atoms with Gasteiger partial charge < -0.3 is 4.57 Å². The number of hydrogen-bond donors (Lipinski definition) is 0. The molecule has 180 valence electrons. The predicted octanol–water partition coefficient (Wildman–Crippen LogP) is 8.88. The molecule has 0 atom stereocenters.